The average molecular weight is 342 g/mol. The van der Waals surface area contributed by atoms with Gasteiger partial charge >= 0.3 is 0 Å². The molecule has 2 N–H and O–H groups in total. The zero-order valence-electron chi connectivity index (χ0n) is 10.7. The maximum absolute atomic E-state index is 6.06. The minimum Gasteiger partial charge on any atom is -0.354 e. The zero-order chi connectivity index (χ0) is 13.8. The van der Waals surface area contributed by atoms with E-state index in [1.807, 2.05) is 38.1 Å². The number of nitrogens with one attached hydrogen (secondary N) is 2. The van der Waals surface area contributed by atoms with Gasteiger partial charge < -0.3 is 10.6 Å². The Hall–Kier alpha value is -1.33. The molecule has 1 heterocycles. The van der Waals surface area contributed by atoms with Gasteiger partial charge in [-0.05, 0) is 48.0 Å². The van der Waals surface area contributed by atoms with E-state index >= 15 is 0 Å². The molecule has 100 valence electrons. The Labute approximate surface area is 125 Å². The number of anilines is 3. The van der Waals surface area contributed by atoms with E-state index in [4.69, 9.17) is 11.6 Å². The van der Waals surface area contributed by atoms with Gasteiger partial charge in [0.05, 0.1) is 5.02 Å². The molecule has 0 aliphatic heterocycles. The first-order chi connectivity index (χ1) is 9.08. The first-order valence-corrected chi connectivity index (χ1v) is 7.07. The van der Waals surface area contributed by atoms with Crippen LogP contribution in [0.4, 0.5) is 17.5 Å². The summed E-state index contributed by atoms with van der Waals surface area (Å²) in [6, 6.07) is 7.55. The third-order valence-electron chi connectivity index (χ3n) is 2.38. The quantitative estimate of drug-likeness (QED) is 0.866. The topological polar surface area (TPSA) is 49.8 Å². The molecule has 0 unspecified atom stereocenters. The van der Waals surface area contributed by atoms with Gasteiger partial charge in [-0.1, -0.05) is 11.6 Å². The molecular weight excluding hydrogens is 328 g/mol. The first kappa shape index (κ1) is 14.1. The highest BCUT2D eigenvalue weighted by Gasteiger charge is 2.03. The summed E-state index contributed by atoms with van der Waals surface area (Å²) in [6.45, 7) is 4.72. The minimum atomic E-state index is 0.619. The second-order valence-electron chi connectivity index (χ2n) is 4.00. The van der Waals surface area contributed by atoms with Crippen LogP contribution in [-0.4, -0.2) is 16.5 Å². The highest BCUT2D eigenvalue weighted by molar-refractivity contribution is 9.10. The monoisotopic (exact) mass is 340 g/mol. The number of hydrogen-bond donors (Lipinski definition) is 2. The molecule has 0 bridgehead atoms. The maximum atomic E-state index is 6.06. The molecule has 19 heavy (non-hydrogen) atoms. The summed E-state index contributed by atoms with van der Waals surface area (Å²) in [5, 5.41) is 6.97. The summed E-state index contributed by atoms with van der Waals surface area (Å²) >= 11 is 9.42. The molecule has 0 radical (unpaired) electrons. The Morgan fingerprint density at radius 1 is 1.26 bits per heavy atom. The van der Waals surface area contributed by atoms with Crippen LogP contribution in [-0.2, 0) is 0 Å². The van der Waals surface area contributed by atoms with Gasteiger partial charge in [0, 0.05) is 28.5 Å². The molecule has 6 heteroatoms. The lowest BCUT2D eigenvalue weighted by atomic mass is 10.3. The van der Waals surface area contributed by atoms with Crippen molar-refractivity contribution >= 4 is 45.0 Å². The Bertz CT molecular complexity index is 589. The predicted octanol–water partition coefficient (Wildman–Crippen LogP) is 4.38. The summed E-state index contributed by atoms with van der Waals surface area (Å²) in [7, 11) is 0. The van der Waals surface area contributed by atoms with Crippen molar-refractivity contribution in [2.45, 2.75) is 13.8 Å². The van der Waals surface area contributed by atoms with Crippen molar-refractivity contribution in [3.8, 4) is 0 Å². The van der Waals surface area contributed by atoms with Crippen molar-refractivity contribution in [3.63, 3.8) is 0 Å². The number of aromatic nitrogens is 2. The third kappa shape index (κ3) is 3.81. The number of hydrogen-bond acceptors (Lipinski definition) is 4. The SMILES string of the molecule is CCNc1nc(C)cc(Nc2ccc(Br)c(Cl)c2)n1. The van der Waals surface area contributed by atoms with E-state index < -0.39 is 0 Å². The second kappa shape index (κ2) is 6.21. The van der Waals surface area contributed by atoms with Gasteiger partial charge in [0.2, 0.25) is 5.95 Å². The summed E-state index contributed by atoms with van der Waals surface area (Å²) in [5.74, 6) is 1.36. The van der Waals surface area contributed by atoms with Gasteiger partial charge in [-0.2, -0.15) is 4.98 Å². The lowest BCUT2D eigenvalue weighted by Gasteiger charge is -2.09. The predicted molar refractivity (Wildman–Crippen MR) is 83.4 cm³/mol. The van der Waals surface area contributed by atoms with E-state index in [0.717, 1.165) is 28.2 Å². The molecule has 0 saturated carbocycles. The van der Waals surface area contributed by atoms with Crippen molar-refractivity contribution in [1.29, 1.82) is 0 Å². The van der Waals surface area contributed by atoms with Crippen LogP contribution in [0.2, 0.25) is 5.02 Å². The molecule has 0 fully saturated rings. The van der Waals surface area contributed by atoms with Crippen LogP contribution in [0.15, 0.2) is 28.7 Å². The lowest BCUT2D eigenvalue weighted by Crippen LogP contribution is -2.05. The van der Waals surface area contributed by atoms with Crippen LogP contribution in [0.1, 0.15) is 12.6 Å². The number of halogens is 2. The standard InChI is InChI=1S/C13H14BrClN4/c1-3-16-13-17-8(2)6-12(19-13)18-9-4-5-10(14)11(15)7-9/h4-7H,3H2,1-2H3,(H2,16,17,18,19). The highest BCUT2D eigenvalue weighted by atomic mass is 79.9. The molecule has 0 aliphatic rings. The Balaban J connectivity index is 2.24. The van der Waals surface area contributed by atoms with Gasteiger partial charge in [-0.15, -0.1) is 0 Å². The fourth-order valence-corrected chi connectivity index (χ4v) is 2.02. The fourth-order valence-electron chi connectivity index (χ4n) is 1.59. The summed E-state index contributed by atoms with van der Waals surface area (Å²) < 4.78 is 0.868. The second-order valence-corrected chi connectivity index (χ2v) is 5.26. The summed E-state index contributed by atoms with van der Waals surface area (Å²) in [6.07, 6.45) is 0. The lowest BCUT2D eigenvalue weighted by molar-refractivity contribution is 1.05. The number of nitrogens with zero attached hydrogens (tertiary/aromatic N) is 2. The fraction of sp³-hybridized carbons (Fsp3) is 0.231. The Kier molecular flexibility index (Phi) is 4.61. The van der Waals surface area contributed by atoms with E-state index in [0.29, 0.717) is 11.0 Å². The Morgan fingerprint density at radius 3 is 2.74 bits per heavy atom. The minimum absolute atomic E-state index is 0.619. The van der Waals surface area contributed by atoms with Crippen LogP contribution in [0.5, 0.6) is 0 Å². The highest BCUT2D eigenvalue weighted by Crippen LogP contribution is 2.27. The van der Waals surface area contributed by atoms with Gasteiger partial charge in [-0.25, -0.2) is 4.98 Å². The van der Waals surface area contributed by atoms with Crippen LogP contribution in [0.25, 0.3) is 0 Å². The molecular formula is C13H14BrClN4. The largest absolute Gasteiger partial charge is 0.354 e. The van der Waals surface area contributed by atoms with E-state index in [-0.39, 0.29) is 0 Å². The number of benzene rings is 1. The molecule has 1 aromatic carbocycles. The van der Waals surface area contributed by atoms with Crippen LogP contribution >= 0.6 is 27.5 Å². The van der Waals surface area contributed by atoms with E-state index in [2.05, 4.69) is 36.5 Å². The van der Waals surface area contributed by atoms with E-state index in [1.165, 1.54) is 0 Å². The molecule has 4 nitrogen and oxygen atoms in total. The summed E-state index contributed by atoms with van der Waals surface area (Å²) in [5.41, 5.74) is 1.78. The van der Waals surface area contributed by atoms with E-state index in [1.54, 1.807) is 0 Å². The van der Waals surface area contributed by atoms with Crippen molar-refractivity contribution in [2.75, 3.05) is 17.2 Å². The Morgan fingerprint density at radius 2 is 2.05 bits per heavy atom. The van der Waals surface area contributed by atoms with Crippen molar-refractivity contribution < 1.29 is 0 Å². The van der Waals surface area contributed by atoms with Gasteiger partial charge in [0.25, 0.3) is 0 Å². The molecule has 0 atom stereocenters. The van der Waals surface area contributed by atoms with Crippen LogP contribution in [0.3, 0.4) is 0 Å². The molecule has 2 rings (SSSR count). The molecule has 0 aliphatic carbocycles. The normalized spacial score (nSPS) is 10.3. The van der Waals surface area contributed by atoms with E-state index in [9.17, 15) is 0 Å². The zero-order valence-corrected chi connectivity index (χ0v) is 13.0. The van der Waals surface area contributed by atoms with Gasteiger partial charge in [-0.3, -0.25) is 0 Å². The van der Waals surface area contributed by atoms with Gasteiger partial charge in [0.1, 0.15) is 5.82 Å². The molecule has 0 saturated heterocycles. The first-order valence-electron chi connectivity index (χ1n) is 5.90. The number of rotatable bonds is 4. The van der Waals surface area contributed by atoms with Crippen molar-refractivity contribution in [2.24, 2.45) is 0 Å². The van der Waals surface area contributed by atoms with Crippen LogP contribution in [0, 0.1) is 6.92 Å². The maximum Gasteiger partial charge on any atom is 0.224 e. The molecule has 0 amide bonds. The third-order valence-corrected chi connectivity index (χ3v) is 3.61. The van der Waals surface area contributed by atoms with Crippen LogP contribution < -0.4 is 10.6 Å². The van der Waals surface area contributed by atoms with Gasteiger partial charge in [0.15, 0.2) is 0 Å². The molecule has 2 aromatic rings. The summed E-state index contributed by atoms with van der Waals surface area (Å²) in [4.78, 5) is 8.68. The van der Waals surface area contributed by atoms with Crippen molar-refractivity contribution in [3.05, 3.63) is 39.5 Å². The number of aryl methyl sites for hydroxylation is 1. The smallest absolute Gasteiger partial charge is 0.224 e. The molecule has 0 spiro atoms. The average Bonchev–Trinajstić information content (AvgIpc) is 2.33. The van der Waals surface area contributed by atoms with Crippen molar-refractivity contribution in [1.82, 2.24) is 9.97 Å². The molecule has 1 aromatic heterocycles.